The molecule has 0 amide bonds. The van der Waals surface area contributed by atoms with E-state index >= 15 is 0 Å². The van der Waals surface area contributed by atoms with E-state index in [0.717, 1.165) is 16.7 Å². The van der Waals surface area contributed by atoms with E-state index in [1.54, 1.807) is 0 Å². The van der Waals surface area contributed by atoms with Gasteiger partial charge in [-0.25, -0.2) is 9.97 Å². The van der Waals surface area contributed by atoms with E-state index in [0.29, 0.717) is 0 Å². The second-order valence-electron chi connectivity index (χ2n) is 3.36. The molecule has 0 aliphatic heterocycles. The summed E-state index contributed by atoms with van der Waals surface area (Å²) in [7, 11) is 0. The average molecular weight is 172 g/mol. The van der Waals surface area contributed by atoms with Gasteiger partial charge in [0.2, 0.25) is 0 Å². The Morgan fingerprint density at radius 2 is 1.85 bits per heavy atom. The van der Waals surface area contributed by atoms with Gasteiger partial charge in [0.15, 0.2) is 0 Å². The normalized spacial score (nSPS) is 10.7. The van der Waals surface area contributed by atoms with Crippen LogP contribution in [0.15, 0.2) is 18.3 Å². The van der Waals surface area contributed by atoms with Crippen LogP contribution in [0.25, 0.3) is 10.9 Å². The summed E-state index contributed by atoms with van der Waals surface area (Å²) in [6, 6.07) is 4.15. The van der Waals surface area contributed by atoms with E-state index in [1.165, 1.54) is 11.1 Å². The molecule has 0 aliphatic carbocycles. The first-order valence-corrected chi connectivity index (χ1v) is 4.38. The molecule has 1 heterocycles. The minimum absolute atomic E-state index is 0.829. The van der Waals surface area contributed by atoms with Crippen LogP contribution in [0.1, 0.15) is 17.0 Å². The first-order chi connectivity index (χ1) is 6.18. The van der Waals surface area contributed by atoms with Crippen molar-refractivity contribution in [2.45, 2.75) is 20.8 Å². The van der Waals surface area contributed by atoms with Crippen molar-refractivity contribution in [1.29, 1.82) is 0 Å². The molecule has 0 atom stereocenters. The molecule has 0 saturated heterocycles. The average Bonchev–Trinajstić information content (AvgIpc) is 2.12. The smallest absolute Gasteiger partial charge is 0.125 e. The molecule has 0 unspecified atom stereocenters. The predicted molar refractivity (Wildman–Crippen MR) is 53.7 cm³/mol. The van der Waals surface area contributed by atoms with Gasteiger partial charge in [0.05, 0.1) is 5.52 Å². The van der Waals surface area contributed by atoms with Crippen LogP contribution in [0.5, 0.6) is 0 Å². The molecule has 2 aromatic rings. The van der Waals surface area contributed by atoms with Crippen molar-refractivity contribution in [3.63, 3.8) is 0 Å². The number of aryl methyl sites for hydroxylation is 3. The first-order valence-electron chi connectivity index (χ1n) is 4.38. The quantitative estimate of drug-likeness (QED) is 0.610. The van der Waals surface area contributed by atoms with Gasteiger partial charge in [-0.05, 0) is 38.0 Å². The number of fused-ring (bicyclic) bond motifs is 1. The van der Waals surface area contributed by atoms with Crippen LogP contribution in [-0.2, 0) is 0 Å². The molecule has 2 nitrogen and oxygen atoms in total. The third-order valence-electron chi connectivity index (χ3n) is 2.43. The van der Waals surface area contributed by atoms with Crippen molar-refractivity contribution >= 4 is 10.9 Å². The van der Waals surface area contributed by atoms with E-state index in [-0.39, 0.29) is 0 Å². The Bertz CT molecular complexity index is 461. The van der Waals surface area contributed by atoms with Gasteiger partial charge in [0.1, 0.15) is 5.82 Å². The van der Waals surface area contributed by atoms with Gasteiger partial charge in [-0.3, -0.25) is 0 Å². The van der Waals surface area contributed by atoms with Gasteiger partial charge >= 0.3 is 0 Å². The van der Waals surface area contributed by atoms with Crippen LogP contribution in [0.3, 0.4) is 0 Å². The summed E-state index contributed by atoms with van der Waals surface area (Å²) in [5, 5.41) is 1.16. The second kappa shape index (κ2) is 2.80. The van der Waals surface area contributed by atoms with Crippen LogP contribution in [-0.4, -0.2) is 9.97 Å². The molecule has 13 heavy (non-hydrogen) atoms. The fourth-order valence-corrected chi connectivity index (χ4v) is 1.44. The topological polar surface area (TPSA) is 25.8 Å². The Kier molecular flexibility index (Phi) is 1.76. The van der Waals surface area contributed by atoms with Gasteiger partial charge in [0, 0.05) is 11.6 Å². The number of rotatable bonds is 0. The van der Waals surface area contributed by atoms with Crippen molar-refractivity contribution in [1.82, 2.24) is 9.97 Å². The predicted octanol–water partition coefficient (Wildman–Crippen LogP) is 2.56. The lowest BCUT2D eigenvalue weighted by Crippen LogP contribution is -1.91. The number of hydrogen-bond donors (Lipinski definition) is 0. The van der Waals surface area contributed by atoms with Crippen LogP contribution < -0.4 is 0 Å². The third kappa shape index (κ3) is 1.28. The molecule has 1 aromatic carbocycles. The summed E-state index contributed by atoms with van der Waals surface area (Å²) in [4.78, 5) is 8.56. The van der Waals surface area contributed by atoms with Crippen LogP contribution in [0.4, 0.5) is 0 Å². The highest BCUT2D eigenvalue weighted by molar-refractivity contribution is 5.82. The highest BCUT2D eigenvalue weighted by Gasteiger charge is 2.01. The molecule has 0 radical (unpaired) electrons. The zero-order valence-corrected chi connectivity index (χ0v) is 8.13. The van der Waals surface area contributed by atoms with E-state index in [4.69, 9.17) is 0 Å². The standard InChI is InChI=1S/C11H12N2/c1-7-4-5-11-10(8(7)2)6-12-9(3)13-11/h4-6H,1-3H3. The Labute approximate surface area is 77.6 Å². The van der Waals surface area contributed by atoms with E-state index < -0.39 is 0 Å². The van der Waals surface area contributed by atoms with Crippen molar-refractivity contribution in [2.24, 2.45) is 0 Å². The van der Waals surface area contributed by atoms with Gasteiger partial charge in [-0.1, -0.05) is 6.07 Å². The number of aromatic nitrogens is 2. The van der Waals surface area contributed by atoms with Crippen molar-refractivity contribution in [3.8, 4) is 0 Å². The monoisotopic (exact) mass is 172 g/mol. The zero-order chi connectivity index (χ0) is 9.42. The van der Waals surface area contributed by atoms with Gasteiger partial charge in [-0.15, -0.1) is 0 Å². The summed E-state index contributed by atoms with van der Waals surface area (Å²) >= 11 is 0. The minimum Gasteiger partial charge on any atom is -0.241 e. The molecule has 0 saturated carbocycles. The molecule has 0 spiro atoms. The Balaban J connectivity index is 2.87. The van der Waals surface area contributed by atoms with Crippen molar-refractivity contribution in [3.05, 3.63) is 35.3 Å². The summed E-state index contributed by atoms with van der Waals surface area (Å²) in [6.07, 6.45) is 1.90. The molecule has 0 fully saturated rings. The Morgan fingerprint density at radius 3 is 2.62 bits per heavy atom. The minimum atomic E-state index is 0.829. The fraction of sp³-hybridized carbons (Fsp3) is 0.273. The highest BCUT2D eigenvalue weighted by Crippen LogP contribution is 2.18. The third-order valence-corrected chi connectivity index (χ3v) is 2.43. The molecule has 0 bridgehead atoms. The van der Waals surface area contributed by atoms with E-state index in [9.17, 15) is 0 Å². The van der Waals surface area contributed by atoms with Crippen LogP contribution in [0.2, 0.25) is 0 Å². The molecule has 0 aliphatic rings. The highest BCUT2D eigenvalue weighted by atomic mass is 14.9. The fourth-order valence-electron chi connectivity index (χ4n) is 1.44. The molecular weight excluding hydrogens is 160 g/mol. The maximum atomic E-state index is 4.37. The Morgan fingerprint density at radius 1 is 1.08 bits per heavy atom. The van der Waals surface area contributed by atoms with Gasteiger partial charge < -0.3 is 0 Å². The molecule has 1 aromatic heterocycles. The number of hydrogen-bond acceptors (Lipinski definition) is 2. The largest absolute Gasteiger partial charge is 0.241 e. The lowest BCUT2D eigenvalue weighted by molar-refractivity contribution is 1.09. The van der Waals surface area contributed by atoms with Gasteiger partial charge in [0.25, 0.3) is 0 Å². The zero-order valence-electron chi connectivity index (χ0n) is 8.13. The molecule has 0 N–H and O–H groups in total. The summed E-state index contributed by atoms with van der Waals surface area (Å²) in [5.41, 5.74) is 3.60. The number of nitrogens with zero attached hydrogens (tertiary/aromatic N) is 2. The van der Waals surface area contributed by atoms with Crippen molar-refractivity contribution < 1.29 is 0 Å². The lowest BCUT2D eigenvalue weighted by Gasteiger charge is -2.04. The van der Waals surface area contributed by atoms with Crippen molar-refractivity contribution in [2.75, 3.05) is 0 Å². The van der Waals surface area contributed by atoms with E-state index in [1.807, 2.05) is 19.2 Å². The summed E-state index contributed by atoms with van der Waals surface area (Å²) in [5.74, 6) is 0.829. The molecular formula is C11H12N2. The summed E-state index contributed by atoms with van der Waals surface area (Å²) in [6.45, 7) is 6.12. The Hall–Kier alpha value is -1.44. The second-order valence-corrected chi connectivity index (χ2v) is 3.36. The maximum Gasteiger partial charge on any atom is 0.125 e. The van der Waals surface area contributed by atoms with Crippen LogP contribution >= 0.6 is 0 Å². The lowest BCUT2D eigenvalue weighted by atomic mass is 10.1. The molecule has 2 rings (SSSR count). The first kappa shape index (κ1) is 8.17. The number of benzene rings is 1. The SMILES string of the molecule is Cc1ncc2c(C)c(C)ccc2n1. The molecule has 2 heteroatoms. The maximum absolute atomic E-state index is 4.37. The van der Waals surface area contributed by atoms with Crippen LogP contribution in [0, 0.1) is 20.8 Å². The molecule has 66 valence electrons. The van der Waals surface area contributed by atoms with Gasteiger partial charge in [-0.2, -0.15) is 0 Å². The summed E-state index contributed by atoms with van der Waals surface area (Å²) < 4.78 is 0. The van der Waals surface area contributed by atoms with E-state index in [2.05, 4.69) is 29.9 Å².